The molecule has 5 heteroatoms. The van der Waals surface area contributed by atoms with Crippen molar-refractivity contribution < 1.29 is 0 Å². The molecule has 0 aliphatic carbocycles. The number of benzene rings is 1. The van der Waals surface area contributed by atoms with E-state index in [1.54, 1.807) is 0 Å². The van der Waals surface area contributed by atoms with Gasteiger partial charge >= 0.3 is 0 Å². The van der Waals surface area contributed by atoms with Gasteiger partial charge in [-0.25, -0.2) is 0 Å². The summed E-state index contributed by atoms with van der Waals surface area (Å²) in [4.78, 5) is 12.4. The molecule has 3 rings (SSSR count). The first-order valence-corrected chi connectivity index (χ1v) is 10.3. The molecular weight excluding hydrogens is 340 g/mol. The van der Waals surface area contributed by atoms with Gasteiger partial charge in [0.25, 0.3) is 0 Å². The molecule has 1 fully saturated rings. The molecule has 1 aliphatic heterocycles. The lowest BCUT2D eigenvalue weighted by Crippen LogP contribution is -2.41. The maximum absolute atomic E-state index is 4.49. The predicted octanol–water partition coefficient (Wildman–Crippen LogP) is 3.62. The van der Waals surface area contributed by atoms with Gasteiger partial charge < -0.3 is 10.2 Å². The van der Waals surface area contributed by atoms with Gasteiger partial charge in [0.15, 0.2) is 5.96 Å². The van der Waals surface area contributed by atoms with E-state index < -0.39 is 0 Å². The molecule has 1 aliphatic rings. The van der Waals surface area contributed by atoms with E-state index >= 15 is 0 Å². The van der Waals surface area contributed by atoms with Gasteiger partial charge in [0.2, 0.25) is 0 Å². The quantitative estimate of drug-likeness (QED) is 0.480. The fourth-order valence-corrected chi connectivity index (χ4v) is 4.37. The molecule has 2 heterocycles. The second-order valence-corrected chi connectivity index (χ2v) is 7.84. The zero-order valence-electron chi connectivity index (χ0n) is 15.7. The van der Waals surface area contributed by atoms with Gasteiger partial charge in [0.1, 0.15) is 0 Å². The summed E-state index contributed by atoms with van der Waals surface area (Å²) in [5.41, 5.74) is 2.60. The van der Waals surface area contributed by atoms with Gasteiger partial charge in [0, 0.05) is 49.7 Å². The van der Waals surface area contributed by atoms with Crippen molar-refractivity contribution in [2.75, 3.05) is 32.4 Å². The third-order valence-corrected chi connectivity index (χ3v) is 6.08. The predicted molar refractivity (Wildman–Crippen MR) is 111 cm³/mol. The Balaban J connectivity index is 1.43. The van der Waals surface area contributed by atoms with Crippen molar-refractivity contribution >= 4 is 17.7 Å². The smallest absolute Gasteiger partial charge is 0.193 e. The molecule has 1 aromatic carbocycles. The van der Waals surface area contributed by atoms with E-state index in [4.69, 9.17) is 0 Å². The summed E-state index contributed by atoms with van der Waals surface area (Å²) < 4.78 is 0. The molecule has 1 N–H and O–H groups in total. The molecule has 0 spiro atoms. The summed E-state index contributed by atoms with van der Waals surface area (Å²) in [6.45, 7) is 5.20. The van der Waals surface area contributed by atoms with Crippen molar-refractivity contribution in [2.45, 2.75) is 24.7 Å². The van der Waals surface area contributed by atoms with Crippen molar-refractivity contribution in [3.63, 3.8) is 0 Å². The van der Waals surface area contributed by atoms with Crippen LogP contribution in [-0.2, 0) is 6.42 Å². The Morgan fingerprint density at radius 1 is 1.31 bits per heavy atom. The van der Waals surface area contributed by atoms with Crippen LogP contribution in [0.2, 0.25) is 0 Å². The first kappa shape index (κ1) is 18.8. The minimum absolute atomic E-state index is 0.723. The minimum Gasteiger partial charge on any atom is -0.356 e. The molecule has 138 valence electrons. The highest BCUT2D eigenvalue weighted by atomic mass is 32.2. The highest BCUT2D eigenvalue weighted by Crippen LogP contribution is 2.25. The van der Waals surface area contributed by atoms with Crippen LogP contribution in [0.5, 0.6) is 0 Å². The molecule has 0 saturated carbocycles. The molecular formula is C21H28N4S. The van der Waals surface area contributed by atoms with E-state index in [1.807, 2.05) is 31.2 Å². The van der Waals surface area contributed by atoms with E-state index in [0.29, 0.717) is 0 Å². The summed E-state index contributed by atoms with van der Waals surface area (Å²) in [7, 11) is 1.88. The van der Waals surface area contributed by atoms with E-state index in [2.05, 4.69) is 63.5 Å². The van der Waals surface area contributed by atoms with Crippen molar-refractivity contribution in [3.05, 3.63) is 59.9 Å². The van der Waals surface area contributed by atoms with Crippen LogP contribution < -0.4 is 5.32 Å². The summed E-state index contributed by atoms with van der Waals surface area (Å²) >= 11 is 1.96. The Hall–Kier alpha value is -2.01. The molecule has 0 amide bonds. The molecule has 1 atom stereocenters. The van der Waals surface area contributed by atoms with E-state index in [0.717, 1.165) is 37.9 Å². The largest absolute Gasteiger partial charge is 0.356 e. The number of pyridine rings is 1. The standard InChI is InChI=1S/C21H28N4S/c1-17-14-23-11-8-19(17)9-12-24-21(22-2)25-13-10-18(15-25)16-26-20-6-4-3-5-7-20/h3-8,11,14,18H,9-10,12-13,15-16H2,1-2H3,(H,22,24). The Kier molecular flexibility index (Phi) is 6.95. The number of rotatable bonds is 6. The average Bonchev–Trinajstić information content (AvgIpc) is 3.14. The molecule has 1 unspecified atom stereocenters. The van der Waals surface area contributed by atoms with E-state index in [9.17, 15) is 0 Å². The number of thioether (sulfide) groups is 1. The topological polar surface area (TPSA) is 40.5 Å². The molecule has 1 aromatic heterocycles. The van der Waals surface area contributed by atoms with Gasteiger partial charge in [-0.05, 0) is 55.0 Å². The van der Waals surface area contributed by atoms with Gasteiger partial charge in [-0.15, -0.1) is 11.8 Å². The first-order chi connectivity index (χ1) is 12.8. The van der Waals surface area contributed by atoms with Crippen molar-refractivity contribution in [1.82, 2.24) is 15.2 Å². The monoisotopic (exact) mass is 368 g/mol. The van der Waals surface area contributed by atoms with Gasteiger partial charge in [-0.2, -0.15) is 0 Å². The average molecular weight is 369 g/mol. The van der Waals surface area contributed by atoms with E-state index in [1.165, 1.54) is 28.2 Å². The number of aliphatic imine (C=N–C) groups is 1. The lowest BCUT2D eigenvalue weighted by atomic mass is 10.1. The molecule has 26 heavy (non-hydrogen) atoms. The Morgan fingerprint density at radius 2 is 2.15 bits per heavy atom. The molecule has 0 radical (unpaired) electrons. The highest BCUT2D eigenvalue weighted by Gasteiger charge is 2.24. The fraction of sp³-hybridized carbons (Fsp3) is 0.429. The van der Waals surface area contributed by atoms with Gasteiger partial charge in [0.05, 0.1) is 0 Å². The second-order valence-electron chi connectivity index (χ2n) is 6.75. The second kappa shape index (κ2) is 9.62. The van der Waals surface area contributed by atoms with Crippen LogP contribution in [-0.4, -0.2) is 48.3 Å². The van der Waals surface area contributed by atoms with Crippen LogP contribution in [0.3, 0.4) is 0 Å². The SMILES string of the molecule is CN=C(NCCc1ccncc1C)N1CCC(CSc2ccccc2)C1. The maximum atomic E-state index is 4.49. The van der Waals surface area contributed by atoms with Crippen LogP contribution in [0, 0.1) is 12.8 Å². The number of hydrogen-bond acceptors (Lipinski definition) is 3. The van der Waals surface area contributed by atoms with Crippen LogP contribution in [0.4, 0.5) is 0 Å². The third kappa shape index (κ3) is 5.24. The van der Waals surface area contributed by atoms with Crippen molar-refractivity contribution in [2.24, 2.45) is 10.9 Å². The summed E-state index contributed by atoms with van der Waals surface area (Å²) in [6, 6.07) is 12.8. The van der Waals surface area contributed by atoms with Gasteiger partial charge in [-0.1, -0.05) is 18.2 Å². The Labute approximate surface area is 161 Å². The van der Waals surface area contributed by atoms with Crippen LogP contribution in [0.1, 0.15) is 17.5 Å². The number of nitrogens with one attached hydrogen (secondary N) is 1. The normalized spacial score (nSPS) is 17.5. The number of hydrogen-bond donors (Lipinski definition) is 1. The minimum atomic E-state index is 0.723. The first-order valence-electron chi connectivity index (χ1n) is 9.29. The van der Waals surface area contributed by atoms with Crippen LogP contribution in [0.15, 0.2) is 58.7 Å². The molecule has 1 saturated heterocycles. The summed E-state index contributed by atoms with van der Waals surface area (Å²) in [6.07, 6.45) is 6.03. The number of guanidine groups is 1. The third-order valence-electron chi connectivity index (χ3n) is 4.84. The summed E-state index contributed by atoms with van der Waals surface area (Å²) in [5.74, 6) is 2.93. The fourth-order valence-electron chi connectivity index (χ4n) is 3.32. The van der Waals surface area contributed by atoms with Crippen LogP contribution >= 0.6 is 11.8 Å². The van der Waals surface area contributed by atoms with Crippen molar-refractivity contribution in [1.29, 1.82) is 0 Å². The Morgan fingerprint density at radius 3 is 2.92 bits per heavy atom. The number of nitrogens with zero attached hydrogens (tertiary/aromatic N) is 3. The maximum Gasteiger partial charge on any atom is 0.193 e. The highest BCUT2D eigenvalue weighted by molar-refractivity contribution is 7.99. The van der Waals surface area contributed by atoms with Crippen molar-refractivity contribution in [3.8, 4) is 0 Å². The zero-order valence-corrected chi connectivity index (χ0v) is 16.5. The lowest BCUT2D eigenvalue weighted by molar-refractivity contribution is 0.475. The lowest BCUT2D eigenvalue weighted by Gasteiger charge is -2.22. The zero-order chi connectivity index (χ0) is 18.2. The molecule has 0 bridgehead atoms. The summed E-state index contributed by atoms with van der Waals surface area (Å²) in [5, 5.41) is 3.53. The number of aryl methyl sites for hydroxylation is 1. The van der Waals surface area contributed by atoms with Gasteiger partial charge in [-0.3, -0.25) is 9.98 Å². The number of likely N-dealkylation sites (tertiary alicyclic amines) is 1. The van der Waals surface area contributed by atoms with Crippen LogP contribution in [0.25, 0.3) is 0 Å². The Bertz CT molecular complexity index is 717. The number of aromatic nitrogens is 1. The molecule has 4 nitrogen and oxygen atoms in total. The molecule has 2 aromatic rings. The van der Waals surface area contributed by atoms with E-state index in [-0.39, 0.29) is 0 Å².